The maximum atomic E-state index is 12.6. The summed E-state index contributed by atoms with van der Waals surface area (Å²) in [5, 5.41) is 2.89. The van der Waals surface area contributed by atoms with Crippen molar-refractivity contribution >= 4 is 27.3 Å². The number of anilines is 2. The average molecular weight is 425 g/mol. The zero-order chi connectivity index (χ0) is 21.7. The van der Waals surface area contributed by atoms with Gasteiger partial charge in [-0.1, -0.05) is 12.1 Å². The van der Waals surface area contributed by atoms with Crippen molar-refractivity contribution in [1.82, 2.24) is 0 Å². The van der Waals surface area contributed by atoms with Crippen LogP contribution in [0, 0.1) is 13.8 Å². The van der Waals surface area contributed by atoms with Crippen LogP contribution in [0.2, 0.25) is 0 Å². The van der Waals surface area contributed by atoms with E-state index in [4.69, 9.17) is 4.74 Å². The SMILES string of the molecule is CCOc1ccc(S(=O)(=O)Nc2ccc(C(=O)Nc3cccc(C)c3C)cc2)cc1. The fourth-order valence-electron chi connectivity index (χ4n) is 2.87. The standard InChI is InChI=1S/C23H24N2O4S/c1-4-29-20-12-14-21(15-13-20)30(27,28)25-19-10-8-18(9-11-19)23(26)24-22-7-5-6-16(2)17(22)3/h5-15,25H,4H2,1-3H3,(H,24,26). The molecule has 3 rings (SSSR count). The molecular weight excluding hydrogens is 400 g/mol. The lowest BCUT2D eigenvalue weighted by Crippen LogP contribution is -2.14. The molecule has 156 valence electrons. The van der Waals surface area contributed by atoms with E-state index in [0.29, 0.717) is 23.6 Å². The van der Waals surface area contributed by atoms with Crippen molar-refractivity contribution in [2.24, 2.45) is 0 Å². The molecule has 7 heteroatoms. The summed E-state index contributed by atoms with van der Waals surface area (Å²) < 4.78 is 33.0. The maximum Gasteiger partial charge on any atom is 0.261 e. The number of carbonyl (C=O) groups excluding carboxylic acids is 1. The van der Waals surface area contributed by atoms with Crippen LogP contribution >= 0.6 is 0 Å². The molecule has 30 heavy (non-hydrogen) atoms. The van der Waals surface area contributed by atoms with Gasteiger partial charge in [0.05, 0.1) is 11.5 Å². The van der Waals surface area contributed by atoms with Crippen LogP contribution in [0.25, 0.3) is 0 Å². The molecule has 2 N–H and O–H groups in total. The van der Waals surface area contributed by atoms with E-state index in [1.54, 1.807) is 36.4 Å². The Labute approximate surface area is 177 Å². The van der Waals surface area contributed by atoms with Gasteiger partial charge in [-0.15, -0.1) is 0 Å². The zero-order valence-electron chi connectivity index (χ0n) is 17.1. The van der Waals surface area contributed by atoms with Crippen molar-refractivity contribution in [3.05, 3.63) is 83.4 Å². The van der Waals surface area contributed by atoms with Gasteiger partial charge in [0, 0.05) is 16.9 Å². The lowest BCUT2D eigenvalue weighted by molar-refractivity contribution is 0.102. The molecule has 3 aromatic rings. The Balaban J connectivity index is 1.70. The molecule has 1 amide bonds. The van der Waals surface area contributed by atoms with Crippen LogP contribution in [0.3, 0.4) is 0 Å². The fourth-order valence-corrected chi connectivity index (χ4v) is 3.93. The van der Waals surface area contributed by atoms with Crippen molar-refractivity contribution in [3.8, 4) is 5.75 Å². The summed E-state index contributed by atoms with van der Waals surface area (Å²) >= 11 is 0. The molecule has 0 atom stereocenters. The minimum absolute atomic E-state index is 0.127. The Hall–Kier alpha value is -3.32. The van der Waals surface area contributed by atoms with Gasteiger partial charge in [-0.05, 0) is 86.5 Å². The summed E-state index contributed by atoms with van der Waals surface area (Å²) in [6, 6.07) is 18.2. The maximum absolute atomic E-state index is 12.6. The number of ether oxygens (including phenoxy) is 1. The molecule has 0 aliphatic heterocycles. The Morgan fingerprint density at radius 1 is 0.933 bits per heavy atom. The summed E-state index contributed by atoms with van der Waals surface area (Å²) in [5.41, 5.74) is 3.64. The number of hydrogen-bond donors (Lipinski definition) is 2. The summed E-state index contributed by atoms with van der Waals surface area (Å²) in [6.07, 6.45) is 0. The van der Waals surface area contributed by atoms with Crippen LogP contribution in [0.15, 0.2) is 71.6 Å². The zero-order valence-corrected chi connectivity index (χ0v) is 17.9. The van der Waals surface area contributed by atoms with Gasteiger partial charge >= 0.3 is 0 Å². The first kappa shape index (κ1) is 21.4. The number of benzene rings is 3. The minimum Gasteiger partial charge on any atom is -0.494 e. The van der Waals surface area contributed by atoms with Crippen molar-refractivity contribution in [3.63, 3.8) is 0 Å². The van der Waals surface area contributed by atoms with Gasteiger partial charge < -0.3 is 10.1 Å². The van der Waals surface area contributed by atoms with E-state index in [1.165, 1.54) is 12.1 Å². The van der Waals surface area contributed by atoms with E-state index in [2.05, 4.69) is 10.0 Å². The third-order valence-electron chi connectivity index (χ3n) is 4.70. The number of aryl methyl sites for hydroxylation is 1. The molecule has 0 heterocycles. The summed E-state index contributed by atoms with van der Waals surface area (Å²) in [5.74, 6) is 0.347. The highest BCUT2D eigenvalue weighted by Crippen LogP contribution is 2.21. The lowest BCUT2D eigenvalue weighted by Gasteiger charge is -2.11. The van der Waals surface area contributed by atoms with Crippen LogP contribution in [0.4, 0.5) is 11.4 Å². The molecule has 0 aromatic heterocycles. The van der Waals surface area contributed by atoms with Crippen molar-refractivity contribution < 1.29 is 17.9 Å². The van der Waals surface area contributed by atoms with E-state index in [9.17, 15) is 13.2 Å². The number of amides is 1. The molecule has 0 saturated heterocycles. The Kier molecular flexibility index (Phi) is 6.42. The highest BCUT2D eigenvalue weighted by atomic mass is 32.2. The van der Waals surface area contributed by atoms with Crippen LogP contribution in [0.1, 0.15) is 28.4 Å². The van der Waals surface area contributed by atoms with Gasteiger partial charge in [-0.3, -0.25) is 9.52 Å². The van der Waals surface area contributed by atoms with Gasteiger partial charge in [-0.25, -0.2) is 8.42 Å². The first-order valence-electron chi connectivity index (χ1n) is 9.53. The number of nitrogens with one attached hydrogen (secondary N) is 2. The number of carbonyl (C=O) groups is 1. The predicted octanol–water partition coefficient (Wildman–Crippen LogP) is 4.76. The molecule has 0 unspecified atom stereocenters. The molecule has 0 aliphatic carbocycles. The molecule has 0 spiro atoms. The molecule has 0 fully saturated rings. The quantitative estimate of drug-likeness (QED) is 0.573. The second-order valence-corrected chi connectivity index (χ2v) is 8.47. The van der Waals surface area contributed by atoms with Gasteiger partial charge in [0.2, 0.25) is 0 Å². The predicted molar refractivity (Wildman–Crippen MR) is 119 cm³/mol. The van der Waals surface area contributed by atoms with Crippen LogP contribution in [-0.4, -0.2) is 20.9 Å². The molecule has 0 saturated carbocycles. The smallest absolute Gasteiger partial charge is 0.261 e. The van der Waals surface area contributed by atoms with Crippen LogP contribution in [-0.2, 0) is 10.0 Å². The first-order chi connectivity index (χ1) is 14.3. The Morgan fingerprint density at radius 2 is 1.60 bits per heavy atom. The van der Waals surface area contributed by atoms with E-state index in [1.807, 2.05) is 39.0 Å². The highest BCUT2D eigenvalue weighted by molar-refractivity contribution is 7.92. The van der Waals surface area contributed by atoms with Crippen molar-refractivity contribution in [2.75, 3.05) is 16.6 Å². The molecular formula is C23H24N2O4S. The van der Waals surface area contributed by atoms with Gasteiger partial charge in [0.15, 0.2) is 0 Å². The Morgan fingerprint density at radius 3 is 2.23 bits per heavy atom. The average Bonchev–Trinajstić information content (AvgIpc) is 2.72. The topological polar surface area (TPSA) is 84.5 Å². The summed E-state index contributed by atoms with van der Waals surface area (Å²) in [7, 11) is -3.74. The second kappa shape index (κ2) is 9.00. The van der Waals surface area contributed by atoms with Crippen LogP contribution < -0.4 is 14.8 Å². The van der Waals surface area contributed by atoms with Crippen LogP contribution in [0.5, 0.6) is 5.75 Å². The third kappa shape index (κ3) is 4.99. The molecule has 0 aliphatic rings. The van der Waals surface area contributed by atoms with Gasteiger partial charge in [-0.2, -0.15) is 0 Å². The normalized spacial score (nSPS) is 11.0. The fraction of sp³-hybridized carbons (Fsp3) is 0.174. The van der Waals surface area contributed by atoms with Crippen molar-refractivity contribution in [2.45, 2.75) is 25.7 Å². The highest BCUT2D eigenvalue weighted by Gasteiger charge is 2.15. The summed E-state index contributed by atoms with van der Waals surface area (Å²) in [4.78, 5) is 12.6. The number of hydrogen-bond acceptors (Lipinski definition) is 4. The largest absolute Gasteiger partial charge is 0.494 e. The molecule has 3 aromatic carbocycles. The second-order valence-electron chi connectivity index (χ2n) is 6.79. The first-order valence-corrected chi connectivity index (χ1v) is 11.0. The monoisotopic (exact) mass is 424 g/mol. The molecule has 0 radical (unpaired) electrons. The Bertz CT molecular complexity index is 1140. The minimum atomic E-state index is -3.74. The van der Waals surface area contributed by atoms with Crippen molar-refractivity contribution in [1.29, 1.82) is 0 Å². The lowest BCUT2D eigenvalue weighted by atomic mass is 10.1. The van der Waals surface area contributed by atoms with E-state index in [-0.39, 0.29) is 10.8 Å². The van der Waals surface area contributed by atoms with E-state index >= 15 is 0 Å². The van der Waals surface area contributed by atoms with E-state index < -0.39 is 10.0 Å². The van der Waals surface area contributed by atoms with Gasteiger partial charge in [0.1, 0.15) is 5.75 Å². The third-order valence-corrected chi connectivity index (χ3v) is 6.09. The molecule has 0 bridgehead atoms. The number of sulfonamides is 1. The van der Waals surface area contributed by atoms with E-state index in [0.717, 1.165) is 16.8 Å². The summed E-state index contributed by atoms with van der Waals surface area (Å²) in [6.45, 7) is 6.30. The van der Waals surface area contributed by atoms with Gasteiger partial charge in [0.25, 0.3) is 15.9 Å². The number of rotatable bonds is 7. The molecule has 6 nitrogen and oxygen atoms in total.